The van der Waals surface area contributed by atoms with Crippen molar-refractivity contribution in [2.24, 2.45) is 0 Å². The highest BCUT2D eigenvalue weighted by Gasteiger charge is 2.19. The summed E-state index contributed by atoms with van der Waals surface area (Å²) in [5.41, 5.74) is 0.226. The average molecular weight is 435 g/mol. The number of anilines is 2. The van der Waals surface area contributed by atoms with Gasteiger partial charge in [-0.25, -0.2) is 12.8 Å². The lowest BCUT2D eigenvalue weighted by Crippen LogP contribution is -2.16. The predicted octanol–water partition coefficient (Wildman–Crippen LogP) is 4.54. The van der Waals surface area contributed by atoms with Gasteiger partial charge in [0.05, 0.1) is 23.3 Å². The molecule has 9 heteroatoms. The minimum absolute atomic E-state index is 0.0831. The molecular formula is C20H16ClFN2O4S. The molecule has 0 radical (unpaired) electrons. The van der Waals surface area contributed by atoms with Gasteiger partial charge >= 0.3 is 0 Å². The van der Waals surface area contributed by atoms with E-state index in [1.165, 1.54) is 55.6 Å². The Labute approximate surface area is 172 Å². The highest BCUT2D eigenvalue weighted by Crippen LogP contribution is 2.29. The van der Waals surface area contributed by atoms with Gasteiger partial charge in [0.2, 0.25) is 0 Å². The van der Waals surface area contributed by atoms with Crippen LogP contribution in [0.4, 0.5) is 15.8 Å². The fourth-order valence-corrected chi connectivity index (χ4v) is 3.73. The number of halogens is 2. The second kappa shape index (κ2) is 8.50. The smallest absolute Gasteiger partial charge is 0.261 e. The molecule has 150 valence electrons. The van der Waals surface area contributed by atoms with E-state index in [4.69, 9.17) is 16.3 Å². The summed E-state index contributed by atoms with van der Waals surface area (Å²) in [6.07, 6.45) is 0. The van der Waals surface area contributed by atoms with Gasteiger partial charge in [-0.05, 0) is 54.6 Å². The Morgan fingerprint density at radius 1 is 1.03 bits per heavy atom. The zero-order valence-corrected chi connectivity index (χ0v) is 16.7. The maximum atomic E-state index is 13.9. The third kappa shape index (κ3) is 4.85. The SMILES string of the molecule is COc1ccc(S(=O)(=O)Nc2ccc(Cl)cc2)cc1NC(=O)c1ccccc1F. The van der Waals surface area contributed by atoms with Crippen molar-refractivity contribution in [3.8, 4) is 5.75 Å². The molecule has 0 fully saturated rings. The molecular weight excluding hydrogens is 419 g/mol. The summed E-state index contributed by atoms with van der Waals surface area (Å²) in [6.45, 7) is 0. The van der Waals surface area contributed by atoms with Crippen LogP contribution in [-0.4, -0.2) is 21.4 Å². The summed E-state index contributed by atoms with van der Waals surface area (Å²) in [4.78, 5) is 12.3. The largest absolute Gasteiger partial charge is 0.495 e. The lowest BCUT2D eigenvalue weighted by Gasteiger charge is -2.14. The topological polar surface area (TPSA) is 84.5 Å². The van der Waals surface area contributed by atoms with E-state index in [-0.39, 0.29) is 21.9 Å². The lowest BCUT2D eigenvalue weighted by molar-refractivity contribution is 0.102. The number of benzene rings is 3. The van der Waals surface area contributed by atoms with Crippen LogP contribution in [0.3, 0.4) is 0 Å². The van der Waals surface area contributed by atoms with Crippen LogP contribution in [0.25, 0.3) is 0 Å². The minimum Gasteiger partial charge on any atom is -0.495 e. The first kappa shape index (κ1) is 20.6. The van der Waals surface area contributed by atoms with Crippen molar-refractivity contribution in [2.45, 2.75) is 4.90 Å². The van der Waals surface area contributed by atoms with Crippen molar-refractivity contribution in [2.75, 3.05) is 17.1 Å². The van der Waals surface area contributed by atoms with E-state index >= 15 is 0 Å². The number of carbonyl (C=O) groups excluding carboxylic acids is 1. The molecule has 6 nitrogen and oxygen atoms in total. The minimum atomic E-state index is -3.96. The molecule has 0 aliphatic heterocycles. The average Bonchev–Trinajstić information content (AvgIpc) is 2.70. The summed E-state index contributed by atoms with van der Waals surface area (Å²) in [5.74, 6) is -1.21. The molecule has 0 spiro atoms. The number of hydrogen-bond donors (Lipinski definition) is 2. The van der Waals surface area contributed by atoms with E-state index in [1.54, 1.807) is 12.1 Å². The number of ether oxygens (including phenoxy) is 1. The van der Waals surface area contributed by atoms with Crippen LogP contribution < -0.4 is 14.8 Å². The Hall–Kier alpha value is -3.10. The molecule has 0 atom stereocenters. The van der Waals surface area contributed by atoms with Crippen LogP contribution in [-0.2, 0) is 10.0 Å². The Balaban J connectivity index is 1.91. The van der Waals surface area contributed by atoms with Crippen molar-refractivity contribution in [1.82, 2.24) is 0 Å². The highest BCUT2D eigenvalue weighted by atomic mass is 35.5. The Morgan fingerprint density at radius 3 is 2.38 bits per heavy atom. The molecule has 0 aliphatic rings. The van der Waals surface area contributed by atoms with Crippen LogP contribution in [0.15, 0.2) is 71.6 Å². The fourth-order valence-electron chi connectivity index (χ4n) is 2.52. The first-order valence-electron chi connectivity index (χ1n) is 8.32. The van der Waals surface area contributed by atoms with Crippen LogP contribution >= 0.6 is 11.6 Å². The quantitative estimate of drug-likeness (QED) is 0.596. The van der Waals surface area contributed by atoms with E-state index < -0.39 is 21.7 Å². The number of sulfonamides is 1. The number of hydrogen-bond acceptors (Lipinski definition) is 4. The van der Waals surface area contributed by atoms with Crippen LogP contribution in [0.2, 0.25) is 5.02 Å². The standard InChI is InChI=1S/C20H16ClFN2O4S/c1-28-19-11-10-15(29(26,27)24-14-8-6-13(21)7-9-14)12-18(19)23-20(25)16-4-2-3-5-17(16)22/h2-12,24H,1H3,(H,23,25). The van der Waals surface area contributed by atoms with Crippen LogP contribution in [0.1, 0.15) is 10.4 Å². The van der Waals surface area contributed by atoms with E-state index in [0.29, 0.717) is 10.7 Å². The molecule has 0 aliphatic carbocycles. The van der Waals surface area contributed by atoms with Gasteiger partial charge in [-0.1, -0.05) is 23.7 Å². The summed E-state index contributed by atoms with van der Waals surface area (Å²) in [7, 11) is -2.59. The number of amides is 1. The molecule has 0 aromatic heterocycles. The van der Waals surface area contributed by atoms with Gasteiger partial charge in [-0.15, -0.1) is 0 Å². The number of methoxy groups -OCH3 is 1. The maximum absolute atomic E-state index is 13.9. The fraction of sp³-hybridized carbons (Fsp3) is 0.0500. The summed E-state index contributed by atoms with van der Waals surface area (Å²) >= 11 is 5.81. The Morgan fingerprint density at radius 2 is 1.72 bits per heavy atom. The Kier molecular flexibility index (Phi) is 6.05. The molecule has 3 aromatic rings. The van der Waals surface area contributed by atoms with E-state index in [2.05, 4.69) is 10.0 Å². The molecule has 0 saturated heterocycles. The van der Waals surface area contributed by atoms with Gasteiger partial charge in [0, 0.05) is 10.7 Å². The van der Waals surface area contributed by atoms with Gasteiger partial charge < -0.3 is 10.1 Å². The monoisotopic (exact) mass is 434 g/mol. The molecule has 0 bridgehead atoms. The molecule has 0 unspecified atom stereocenters. The normalized spacial score (nSPS) is 11.0. The van der Waals surface area contributed by atoms with E-state index in [9.17, 15) is 17.6 Å². The predicted molar refractivity (Wildman–Crippen MR) is 110 cm³/mol. The van der Waals surface area contributed by atoms with Gasteiger partial charge in [0.15, 0.2) is 0 Å². The zero-order valence-electron chi connectivity index (χ0n) is 15.1. The van der Waals surface area contributed by atoms with Gasteiger partial charge in [0.25, 0.3) is 15.9 Å². The number of carbonyl (C=O) groups is 1. The van der Waals surface area contributed by atoms with E-state index in [1.807, 2.05) is 0 Å². The van der Waals surface area contributed by atoms with Crippen molar-refractivity contribution in [3.05, 3.63) is 83.1 Å². The molecule has 0 heterocycles. The first-order valence-corrected chi connectivity index (χ1v) is 10.2. The van der Waals surface area contributed by atoms with Crippen molar-refractivity contribution in [1.29, 1.82) is 0 Å². The van der Waals surface area contributed by atoms with E-state index in [0.717, 1.165) is 6.07 Å². The maximum Gasteiger partial charge on any atom is 0.261 e. The zero-order chi connectivity index (χ0) is 21.0. The number of nitrogens with one attached hydrogen (secondary N) is 2. The Bertz CT molecular complexity index is 1150. The van der Waals surface area contributed by atoms with Gasteiger partial charge in [-0.2, -0.15) is 0 Å². The van der Waals surface area contributed by atoms with Crippen LogP contribution in [0, 0.1) is 5.82 Å². The van der Waals surface area contributed by atoms with Crippen molar-refractivity contribution in [3.63, 3.8) is 0 Å². The molecule has 0 saturated carbocycles. The highest BCUT2D eigenvalue weighted by molar-refractivity contribution is 7.92. The lowest BCUT2D eigenvalue weighted by atomic mass is 10.2. The third-order valence-corrected chi connectivity index (χ3v) is 5.58. The molecule has 3 aromatic carbocycles. The molecule has 29 heavy (non-hydrogen) atoms. The van der Waals surface area contributed by atoms with Gasteiger partial charge in [0.1, 0.15) is 11.6 Å². The van der Waals surface area contributed by atoms with Gasteiger partial charge in [-0.3, -0.25) is 9.52 Å². The summed E-state index contributed by atoms with van der Waals surface area (Å²) < 4.78 is 46.8. The van der Waals surface area contributed by atoms with Crippen molar-refractivity contribution < 1.29 is 22.3 Å². The molecule has 3 rings (SSSR count). The third-order valence-electron chi connectivity index (χ3n) is 3.94. The molecule has 1 amide bonds. The number of rotatable bonds is 6. The second-order valence-electron chi connectivity index (χ2n) is 5.91. The summed E-state index contributed by atoms with van der Waals surface area (Å²) in [6, 6.07) is 15.5. The summed E-state index contributed by atoms with van der Waals surface area (Å²) in [5, 5.41) is 2.96. The van der Waals surface area contributed by atoms with Crippen molar-refractivity contribution >= 4 is 38.9 Å². The second-order valence-corrected chi connectivity index (χ2v) is 8.03. The first-order chi connectivity index (χ1) is 13.8. The van der Waals surface area contributed by atoms with Crippen LogP contribution in [0.5, 0.6) is 5.75 Å². The molecule has 2 N–H and O–H groups in total.